The van der Waals surface area contributed by atoms with E-state index in [0.717, 1.165) is 36.5 Å². The molecule has 146 valence electrons. The third-order valence-electron chi connectivity index (χ3n) is 6.31. The molecule has 3 atom stereocenters. The van der Waals surface area contributed by atoms with Crippen LogP contribution < -0.4 is 15.5 Å². The van der Waals surface area contributed by atoms with E-state index in [9.17, 15) is 19.2 Å². The molecule has 5 rings (SSSR count). The van der Waals surface area contributed by atoms with Crippen molar-refractivity contribution in [3.63, 3.8) is 0 Å². The van der Waals surface area contributed by atoms with Gasteiger partial charge in [0.15, 0.2) is 0 Å². The van der Waals surface area contributed by atoms with Crippen LogP contribution in [0.3, 0.4) is 0 Å². The number of fused-ring (bicyclic) bond motifs is 3. The second-order valence-electron chi connectivity index (χ2n) is 8.05. The van der Waals surface area contributed by atoms with Gasteiger partial charge in [-0.2, -0.15) is 0 Å². The predicted octanol–water partition coefficient (Wildman–Crippen LogP) is 0.419. The molecule has 3 fully saturated rings. The van der Waals surface area contributed by atoms with Gasteiger partial charge in [-0.3, -0.25) is 29.4 Å². The van der Waals surface area contributed by atoms with Gasteiger partial charge in [0.05, 0.1) is 11.1 Å². The Hall–Kier alpha value is -2.74. The van der Waals surface area contributed by atoms with Gasteiger partial charge in [0.2, 0.25) is 11.8 Å². The van der Waals surface area contributed by atoms with Crippen LogP contribution in [-0.4, -0.2) is 59.7 Å². The van der Waals surface area contributed by atoms with Crippen LogP contribution in [-0.2, 0) is 9.59 Å². The highest BCUT2D eigenvalue weighted by Gasteiger charge is 2.44. The van der Waals surface area contributed by atoms with Crippen LogP contribution in [0, 0.1) is 0 Å². The Morgan fingerprint density at radius 1 is 0.893 bits per heavy atom. The lowest BCUT2D eigenvalue weighted by Gasteiger charge is -2.27. The van der Waals surface area contributed by atoms with Crippen molar-refractivity contribution in [1.29, 1.82) is 0 Å². The number of hydrogen-bond donors (Lipinski definition) is 2. The van der Waals surface area contributed by atoms with E-state index in [1.54, 1.807) is 12.1 Å². The van der Waals surface area contributed by atoms with Crippen LogP contribution >= 0.6 is 0 Å². The summed E-state index contributed by atoms with van der Waals surface area (Å²) in [6, 6.07) is 5.45. The van der Waals surface area contributed by atoms with Crippen LogP contribution in [0.4, 0.5) is 5.69 Å². The fourth-order valence-electron chi connectivity index (χ4n) is 4.83. The third kappa shape index (κ3) is 2.71. The lowest BCUT2D eigenvalue weighted by molar-refractivity contribution is -0.136. The van der Waals surface area contributed by atoms with Gasteiger partial charge in [0, 0.05) is 37.3 Å². The number of benzene rings is 1. The molecule has 28 heavy (non-hydrogen) atoms. The van der Waals surface area contributed by atoms with Gasteiger partial charge in [-0.05, 0) is 43.9 Å². The van der Waals surface area contributed by atoms with Gasteiger partial charge < -0.3 is 10.2 Å². The zero-order valence-corrected chi connectivity index (χ0v) is 15.4. The summed E-state index contributed by atoms with van der Waals surface area (Å²) >= 11 is 0. The molecule has 8 nitrogen and oxygen atoms in total. The molecule has 0 spiro atoms. The summed E-state index contributed by atoms with van der Waals surface area (Å²) < 4.78 is 0. The number of hydrogen-bond acceptors (Lipinski definition) is 6. The average molecular weight is 382 g/mol. The van der Waals surface area contributed by atoms with Crippen LogP contribution in [0.5, 0.6) is 0 Å². The van der Waals surface area contributed by atoms with Gasteiger partial charge in [0.25, 0.3) is 11.8 Å². The maximum absolute atomic E-state index is 13.0. The summed E-state index contributed by atoms with van der Waals surface area (Å²) in [5, 5.41) is 5.86. The van der Waals surface area contributed by atoms with Gasteiger partial charge >= 0.3 is 0 Å². The fraction of sp³-hybridized carbons (Fsp3) is 0.500. The summed E-state index contributed by atoms with van der Waals surface area (Å²) in [5.74, 6) is -1.87. The maximum atomic E-state index is 13.0. The number of carbonyl (C=O) groups is 4. The zero-order valence-electron chi connectivity index (χ0n) is 15.4. The Kier molecular flexibility index (Phi) is 3.97. The van der Waals surface area contributed by atoms with Crippen LogP contribution in [0.2, 0.25) is 0 Å². The quantitative estimate of drug-likeness (QED) is 0.720. The van der Waals surface area contributed by atoms with E-state index in [1.165, 1.54) is 6.42 Å². The van der Waals surface area contributed by atoms with Crippen molar-refractivity contribution >= 4 is 29.3 Å². The molecular weight excluding hydrogens is 360 g/mol. The van der Waals surface area contributed by atoms with Gasteiger partial charge in [-0.15, -0.1) is 0 Å². The van der Waals surface area contributed by atoms with Crippen LogP contribution in [0.15, 0.2) is 18.2 Å². The first kappa shape index (κ1) is 17.4. The first-order chi connectivity index (χ1) is 13.5. The average Bonchev–Trinajstić information content (AvgIpc) is 3.12. The van der Waals surface area contributed by atoms with E-state index < -0.39 is 23.8 Å². The molecule has 3 unspecified atom stereocenters. The second kappa shape index (κ2) is 6.41. The Morgan fingerprint density at radius 2 is 1.68 bits per heavy atom. The number of anilines is 1. The molecule has 2 bridgehead atoms. The highest BCUT2D eigenvalue weighted by Crippen LogP contribution is 2.32. The summed E-state index contributed by atoms with van der Waals surface area (Å²) in [6.45, 7) is 1.79. The minimum Gasteiger partial charge on any atom is -0.370 e. The standard InChI is InChI=1S/C20H22N4O4/c25-17-6-5-16(18(26)22-17)24-19(27)14-4-3-13(9-15(14)20(24)28)23-8-7-11-1-2-12(10-23)21-11/h3-4,9,11-12,16,21H,1-2,5-8,10H2,(H,22,25,26). The fourth-order valence-corrected chi connectivity index (χ4v) is 4.83. The topological polar surface area (TPSA) is 98.8 Å². The second-order valence-corrected chi connectivity index (χ2v) is 8.05. The molecule has 0 aliphatic carbocycles. The summed E-state index contributed by atoms with van der Waals surface area (Å²) in [6.07, 6.45) is 3.73. The van der Waals surface area contributed by atoms with Crippen molar-refractivity contribution in [3.8, 4) is 0 Å². The molecule has 0 saturated carbocycles. The molecule has 0 aromatic heterocycles. The van der Waals surface area contributed by atoms with Gasteiger partial charge in [-0.1, -0.05) is 0 Å². The van der Waals surface area contributed by atoms with E-state index >= 15 is 0 Å². The molecular formula is C20H22N4O4. The monoisotopic (exact) mass is 382 g/mol. The molecule has 2 N–H and O–H groups in total. The van der Waals surface area contributed by atoms with Crippen molar-refractivity contribution in [3.05, 3.63) is 29.3 Å². The molecule has 1 aromatic carbocycles. The van der Waals surface area contributed by atoms with Gasteiger partial charge in [0.1, 0.15) is 6.04 Å². The Labute approximate surface area is 162 Å². The number of imide groups is 2. The number of rotatable bonds is 2. The molecule has 8 heteroatoms. The SMILES string of the molecule is O=C1CCC(N2C(=O)c3ccc(N4CCC5CCC(C4)N5)cc3C2=O)C(=O)N1. The molecule has 4 aliphatic rings. The summed E-state index contributed by atoms with van der Waals surface area (Å²) in [5.41, 5.74) is 1.60. The highest BCUT2D eigenvalue weighted by molar-refractivity contribution is 6.23. The predicted molar refractivity (Wildman–Crippen MR) is 99.9 cm³/mol. The lowest BCUT2D eigenvalue weighted by Crippen LogP contribution is -2.54. The normalized spacial score (nSPS) is 29.8. The van der Waals surface area contributed by atoms with E-state index in [-0.39, 0.29) is 18.7 Å². The zero-order chi connectivity index (χ0) is 19.4. The molecule has 4 heterocycles. The smallest absolute Gasteiger partial charge is 0.262 e. The largest absolute Gasteiger partial charge is 0.370 e. The number of carbonyl (C=O) groups excluding carboxylic acids is 4. The Balaban J connectivity index is 1.41. The minimum atomic E-state index is -0.924. The summed E-state index contributed by atoms with van der Waals surface area (Å²) in [7, 11) is 0. The molecule has 0 radical (unpaired) electrons. The molecule has 4 aliphatic heterocycles. The van der Waals surface area contributed by atoms with E-state index in [1.807, 2.05) is 6.07 Å². The third-order valence-corrected chi connectivity index (χ3v) is 6.31. The van der Waals surface area contributed by atoms with E-state index in [0.29, 0.717) is 23.2 Å². The van der Waals surface area contributed by atoms with Crippen LogP contribution in [0.25, 0.3) is 0 Å². The number of piperidine rings is 1. The number of nitrogens with zero attached hydrogens (tertiary/aromatic N) is 2. The maximum Gasteiger partial charge on any atom is 0.262 e. The van der Waals surface area contributed by atoms with Crippen molar-refractivity contribution in [2.45, 2.75) is 50.2 Å². The highest BCUT2D eigenvalue weighted by atomic mass is 16.2. The first-order valence-electron chi connectivity index (χ1n) is 9.88. The minimum absolute atomic E-state index is 0.123. The van der Waals surface area contributed by atoms with Crippen molar-refractivity contribution < 1.29 is 19.2 Å². The van der Waals surface area contributed by atoms with Crippen molar-refractivity contribution in [1.82, 2.24) is 15.5 Å². The van der Waals surface area contributed by atoms with Crippen LogP contribution in [0.1, 0.15) is 52.8 Å². The molecule has 1 aromatic rings. The summed E-state index contributed by atoms with van der Waals surface area (Å²) in [4.78, 5) is 52.6. The number of nitrogens with one attached hydrogen (secondary N) is 2. The lowest BCUT2D eigenvalue weighted by atomic mass is 10.0. The van der Waals surface area contributed by atoms with Crippen molar-refractivity contribution in [2.24, 2.45) is 0 Å². The number of amides is 4. The van der Waals surface area contributed by atoms with E-state index in [2.05, 4.69) is 15.5 Å². The van der Waals surface area contributed by atoms with E-state index in [4.69, 9.17) is 0 Å². The molecule has 4 amide bonds. The molecule has 3 saturated heterocycles. The Bertz CT molecular complexity index is 898. The van der Waals surface area contributed by atoms with Crippen molar-refractivity contribution in [2.75, 3.05) is 18.0 Å². The van der Waals surface area contributed by atoms with Gasteiger partial charge in [-0.25, -0.2) is 0 Å². The Morgan fingerprint density at radius 3 is 2.50 bits per heavy atom. The first-order valence-corrected chi connectivity index (χ1v) is 9.88.